The Kier molecular flexibility index (Phi) is 5.61. The molecule has 7 heteroatoms. The molecule has 0 bridgehead atoms. The number of hydrogen-bond donors (Lipinski definition) is 1. The van der Waals surface area contributed by atoms with Gasteiger partial charge < -0.3 is 9.47 Å². The predicted molar refractivity (Wildman–Crippen MR) is 83.8 cm³/mol. The Hall–Kier alpha value is -1.31. The first-order valence-corrected chi connectivity index (χ1v) is 8.23. The van der Waals surface area contributed by atoms with Crippen LogP contribution in [0.4, 0.5) is 5.69 Å². The zero-order valence-electron chi connectivity index (χ0n) is 13.2. The summed E-state index contributed by atoms with van der Waals surface area (Å²) in [5.41, 5.74) is 2.05. The maximum atomic E-state index is 10.8. The maximum Gasteiger partial charge on any atom is 0.265 e. The molecule has 0 amide bonds. The fourth-order valence-electron chi connectivity index (χ4n) is 2.38. The lowest BCUT2D eigenvalue weighted by molar-refractivity contribution is 0.349. The number of aryl methyl sites for hydroxylation is 1. The fourth-order valence-corrected chi connectivity index (χ4v) is 2.88. The standard InChI is InChI=1S/C14H23NO5S/c1-11-9-13(19-4)14(20-5)10-12(11)15(2,3)7-6-8-21(16,17)18/h9-10H,6-8H2,1-5H3/p+1. The Balaban J connectivity index is 3.01. The minimum absolute atomic E-state index is 0.235. The number of methoxy groups -OCH3 is 2. The van der Waals surface area contributed by atoms with Crippen molar-refractivity contribution in [2.75, 3.05) is 40.6 Å². The van der Waals surface area contributed by atoms with Gasteiger partial charge in [-0.1, -0.05) is 0 Å². The minimum Gasteiger partial charge on any atom is -0.493 e. The van der Waals surface area contributed by atoms with Gasteiger partial charge in [0.25, 0.3) is 10.1 Å². The lowest BCUT2D eigenvalue weighted by atomic mass is 10.1. The smallest absolute Gasteiger partial charge is 0.265 e. The highest BCUT2D eigenvalue weighted by molar-refractivity contribution is 7.85. The zero-order valence-corrected chi connectivity index (χ0v) is 14.0. The first-order valence-electron chi connectivity index (χ1n) is 6.62. The van der Waals surface area contributed by atoms with Crippen LogP contribution in [0.1, 0.15) is 12.0 Å². The first-order chi connectivity index (χ1) is 9.60. The number of rotatable bonds is 7. The van der Waals surface area contributed by atoms with Crippen molar-refractivity contribution >= 4 is 15.8 Å². The number of quaternary nitrogens is 1. The molecule has 0 aliphatic rings. The van der Waals surface area contributed by atoms with Crippen LogP contribution in [-0.4, -0.2) is 53.6 Å². The average molecular weight is 318 g/mol. The second kappa shape index (κ2) is 6.64. The summed E-state index contributed by atoms with van der Waals surface area (Å²) in [6, 6.07) is 3.80. The van der Waals surface area contributed by atoms with Crippen molar-refractivity contribution in [1.82, 2.24) is 4.48 Å². The maximum absolute atomic E-state index is 10.8. The molecule has 0 aliphatic carbocycles. The quantitative estimate of drug-likeness (QED) is 0.613. The molecular formula is C14H24NO5S+. The molecule has 0 spiro atoms. The van der Waals surface area contributed by atoms with Crippen LogP contribution in [0.25, 0.3) is 0 Å². The summed E-state index contributed by atoms with van der Waals surface area (Å²) < 4.78 is 41.5. The third-order valence-electron chi connectivity index (χ3n) is 3.47. The van der Waals surface area contributed by atoms with Crippen molar-refractivity contribution in [3.63, 3.8) is 0 Å². The van der Waals surface area contributed by atoms with Crippen molar-refractivity contribution in [3.8, 4) is 11.5 Å². The van der Waals surface area contributed by atoms with Crippen molar-refractivity contribution in [3.05, 3.63) is 17.7 Å². The summed E-state index contributed by atoms with van der Waals surface area (Å²) in [7, 11) is 3.22. The van der Waals surface area contributed by atoms with Crippen LogP contribution in [0.3, 0.4) is 0 Å². The molecule has 0 fully saturated rings. The summed E-state index contributed by atoms with van der Waals surface area (Å²) in [6.45, 7) is 2.55. The van der Waals surface area contributed by atoms with E-state index < -0.39 is 10.1 Å². The third-order valence-corrected chi connectivity index (χ3v) is 4.28. The van der Waals surface area contributed by atoms with Crippen molar-refractivity contribution in [2.24, 2.45) is 0 Å². The molecule has 21 heavy (non-hydrogen) atoms. The SMILES string of the molecule is COc1cc(C)c([N+](C)(C)CCCS(=O)(=O)O)cc1OC. The monoisotopic (exact) mass is 318 g/mol. The van der Waals surface area contributed by atoms with Gasteiger partial charge in [-0.05, 0) is 13.0 Å². The van der Waals surface area contributed by atoms with Crippen LogP contribution in [0.15, 0.2) is 12.1 Å². The Labute approximate surface area is 126 Å². The van der Waals surface area contributed by atoms with Crippen LogP contribution in [0.2, 0.25) is 0 Å². The number of ether oxygens (including phenoxy) is 2. The van der Waals surface area contributed by atoms with Crippen LogP contribution in [-0.2, 0) is 10.1 Å². The van der Waals surface area contributed by atoms with Gasteiger partial charge in [0.15, 0.2) is 11.5 Å². The van der Waals surface area contributed by atoms with Gasteiger partial charge >= 0.3 is 0 Å². The first kappa shape index (κ1) is 17.7. The fraction of sp³-hybridized carbons (Fsp3) is 0.571. The molecule has 0 saturated heterocycles. The van der Waals surface area contributed by atoms with E-state index in [1.165, 1.54) is 0 Å². The normalized spacial score (nSPS) is 12.3. The highest BCUT2D eigenvalue weighted by Crippen LogP contribution is 2.36. The average Bonchev–Trinajstić information content (AvgIpc) is 2.36. The predicted octanol–water partition coefficient (Wildman–Crippen LogP) is 1.86. The summed E-state index contributed by atoms with van der Waals surface area (Å²) >= 11 is 0. The Morgan fingerprint density at radius 3 is 2.14 bits per heavy atom. The van der Waals surface area contributed by atoms with E-state index >= 15 is 0 Å². The van der Waals surface area contributed by atoms with Crippen molar-refractivity contribution in [1.29, 1.82) is 0 Å². The molecule has 0 saturated carbocycles. The molecule has 0 heterocycles. The number of nitrogens with zero attached hydrogens (tertiary/aromatic N) is 1. The van der Waals surface area contributed by atoms with Crippen molar-refractivity contribution in [2.45, 2.75) is 13.3 Å². The van der Waals surface area contributed by atoms with Gasteiger partial charge in [-0.15, -0.1) is 0 Å². The molecule has 6 nitrogen and oxygen atoms in total. The second-order valence-electron chi connectivity index (χ2n) is 5.54. The molecule has 1 rings (SSSR count). The van der Waals surface area contributed by atoms with E-state index in [2.05, 4.69) is 0 Å². The highest BCUT2D eigenvalue weighted by Gasteiger charge is 2.24. The van der Waals surface area contributed by atoms with Gasteiger partial charge in [-0.2, -0.15) is 8.42 Å². The van der Waals surface area contributed by atoms with Gasteiger partial charge in [0.05, 0.1) is 40.6 Å². The Morgan fingerprint density at radius 1 is 1.14 bits per heavy atom. The van der Waals surface area contributed by atoms with E-state index in [9.17, 15) is 8.42 Å². The molecular weight excluding hydrogens is 294 g/mol. The zero-order chi connectivity index (χ0) is 16.3. The molecule has 0 aliphatic heterocycles. The molecule has 1 aromatic carbocycles. The molecule has 120 valence electrons. The van der Waals surface area contributed by atoms with E-state index in [0.29, 0.717) is 28.9 Å². The van der Waals surface area contributed by atoms with Gasteiger partial charge in [-0.3, -0.25) is 9.04 Å². The highest BCUT2D eigenvalue weighted by atomic mass is 32.2. The minimum atomic E-state index is -3.92. The molecule has 0 atom stereocenters. The summed E-state index contributed by atoms with van der Waals surface area (Å²) in [5, 5.41) is 0. The number of benzene rings is 1. The van der Waals surface area contributed by atoms with Crippen LogP contribution < -0.4 is 14.0 Å². The van der Waals surface area contributed by atoms with E-state index in [0.717, 1.165) is 11.3 Å². The lowest BCUT2D eigenvalue weighted by Gasteiger charge is -2.31. The lowest BCUT2D eigenvalue weighted by Crippen LogP contribution is -2.42. The van der Waals surface area contributed by atoms with Crippen LogP contribution in [0, 0.1) is 6.92 Å². The summed E-state index contributed by atoms with van der Waals surface area (Å²) in [5.74, 6) is 1.07. The van der Waals surface area contributed by atoms with Crippen molar-refractivity contribution < 1.29 is 22.4 Å². The largest absolute Gasteiger partial charge is 0.493 e. The van der Waals surface area contributed by atoms with Gasteiger partial charge in [0.2, 0.25) is 0 Å². The third kappa shape index (κ3) is 4.87. The van der Waals surface area contributed by atoms with Crippen LogP contribution >= 0.6 is 0 Å². The van der Waals surface area contributed by atoms with E-state index in [4.69, 9.17) is 14.0 Å². The van der Waals surface area contributed by atoms with E-state index in [1.807, 2.05) is 33.2 Å². The van der Waals surface area contributed by atoms with Gasteiger partial charge in [0.1, 0.15) is 5.69 Å². The molecule has 1 N–H and O–H groups in total. The van der Waals surface area contributed by atoms with Gasteiger partial charge in [-0.25, -0.2) is 0 Å². The number of hydrogen-bond acceptors (Lipinski definition) is 4. The Bertz CT molecular complexity index is 596. The molecule has 0 unspecified atom stereocenters. The second-order valence-corrected chi connectivity index (χ2v) is 7.11. The summed E-state index contributed by atoms with van der Waals surface area (Å²) in [4.78, 5) is 0. The van der Waals surface area contributed by atoms with E-state index in [-0.39, 0.29) is 5.75 Å². The molecule has 0 aromatic heterocycles. The van der Waals surface area contributed by atoms with Gasteiger partial charge in [0, 0.05) is 18.1 Å². The molecule has 0 radical (unpaired) electrons. The van der Waals surface area contributed by atoms with Crippen LogP contribution in [0.5, 0.6) is 11.5 Å². The Morgan fingerprint density at radius 2 is 1.67 bits per heavy atom. The topological polar surface area (TPSA) is 72.8 Å². The summed E-state index contributed by atoms with van der Waals surface area (Å²) in [6.07, 6.45) is 0.375. The van der Waals surface area contributed by atoms with E-state index in [1.54, 1.807) is 14.2 Å². The molecule has 1 aromatic rings.